The van der Waals surface area contributed by atoms with Gasteiger partial charge in [0.15, 0.2) is 0 Å². The van der Waals surface area contributed by atoms with E-state index < -0.39 is 63.6 Å². The van der Waals surface area contributed by atoms with Crippen molar-refractivity contribution in [3.63, 3.8) is 0 Å². The van der Waals surface area contributed by atoms with E-state index in [1.54, 1.807) is 0 Å². The van der Waals surface area contributed by atoms with E-state index in [4.69, 9.17) is 16.7 Å². The molecule has 12 heteroatoms. The molecule has 180 valence electrons. The first kappa shape index (κ1) is 24.2. The molecule has 35 heavy (non-hydrogen) atoms. The summed E-state index contributed by atoms with van der Waals surface area (Å²) in [5, 5.41) is 18.0. The lowest BCUT2D eigenvalue weighted by Gasteiger charge is -2.13. The van der Waals surface area contributed by atoms with Crippen LogP contribution in [0.15, 0.2) is 59.4 Å². The summed E-state index contributed by atoms with van der Waals surface area (Å²) in [4.78, 5) is 37.9. The van der Waals surface area contributed by atoms with Crippen LogP contribution >= 0.6 is 11.6 Å². The van der Waals surface area contributed by atoms with Crippen molar-refractivity contribution >= 4 is 34.5 Å². The van der Waals surface area contributed by atoms with Crippen molar-refractivity contribution in [2.24, 2.45) is 0 Å². The Labute approximate surface area is 198 Å². The van der Waals surface area contributed by atoms with Crippen LogP contribution in [0.1, 0.15) is 31.8 Å². The van der Waals surface area contributed by atoms with Crippen molar-refractivity contribution in [1.29, 1.82) is 0 Å². The van der Waals surface area contributed by atoms with Crippen molar-refractivity contribution in [1.82, 2.24) is 9.13 Å². The predicted octanol–water partition coefficient (Wildman–Crippen LogP) is 4.48. The number of aliphatic hydroxyl groups is 1. The number of halogens is 5. The van der Waals surface area contributed by atoms with Gasteiger partial charge in [0.2, 0.25) is 0 Å². The number of aromatic carboxylic acids is 1. The van der Waals surface area contributed by atoms with Crippen LogP contribution in [0.5, 0.6) is 0 Å². The molecule has 0 spiro atoms. The standard InChI is InChI=1S/C23H13ClF4N2O5/c24-14-3-1-2-13(23(26,27)28)19(14)20(32)30-18-8-11(10-31)4-6-17(18)29(22(30)35)16-7-5-12(21(33)34)9-15(16)25/h1-9,31H,10H2,(H,33,34). The number of rotatable bonds is 4. The second-order valence-electron chi connectivity index (χ2n) is 7.37. The van der Waals surface area contributed by atoms with E-state index in [2.05, 4.69) is 0 Å². The lowest BCUT2D eigenvalue weighted by Crippen LogP contribution is -2.30. The summed E-state index contributed by atoms with van der Waals surface area (Å²) in [7, 11) is 0. The number of hydrogen-bond donors (Lipinski definition) is 2. The van der Waals surface area contributed by atoms with Gasteiger partial charge < -0.3 is 10.2 Å². The topological polar surface area (TPSA) is 102 Å². The van der Waals surface area contributed by atoms with E-state index in [0.717, 1.165) is 28.8 Å². The highest BCUT2D eigenvalue weighted by Gasteiger charge is 2.37. The molecule has 3 aromatic carbocycles. The first-order valence-electron chi connectivity index (χ1n) is 9.76. The number of carboxylic acids is 1. The molecule has 0 aliphatic rings. The Kier molecular flexibility index (Phi) is 5.99. The highest BCUT2D eigenvalue weighted by Crippen LogP contribution is 2.36. The zero-order valence-electron chi connectivity index (χ0n) is 17.3. The van der Waals surface area contributed by atoms with Gasteiger partial charge in [0.25, 0.3) is 5.91 Å². The molecule has 0 radical (unpaired) electrons. The van der Waals surface area contributed by atoms with Crippen molar-refractivity contribution in [2.75, 3.05) is 0 Å². The average molecular weight is 509 g/mol. The second-order valence-corrected chi connectivity index (χ2v) is 7.78. The minimum absolute atomic E-state index is 0.0804. The fraction of sp³-hybridized carbons (Fsp3) is 0.0870. The van der Waals surface area contributed by atoms with Crippen LogP contribution in [0.3, 0.4) is 0 Å². The van der Waals surface area contributed by atoms with E-state index in [-0.39, 0.29) is 16.6 Å². The van der Waals surface area contributed by atoms with Crippen LogP contribution in [0, 0.1) is 5.82 Å². The summed E-state index contributed by atoms with van der Waals surface area (Å²) in [5.41, 5.74) is -4.53. The molecule has 2 N–H and O–H groups in total. The second kappa shape index (κ2) is 8.67. The Morgan fingerprint density at radius 1 is 1.00 bits per heavy atom. The normalized spacial score (nSPS) is 11.7. The van der Waals surface area contributed by atoms with Crippen molar-refractivity contribution in [2.45, 2.75) is 12.8 Å². The van der Waals surface area contributed by atoms with Gasteiger partial charge in [-0.2, -0.15) is 13.2 Å². The number of carbonyl (C=O) groups is 2. The predicted molar refractivity (Wildman–Crippen MR) is 117 cm³/mol. The number of alkyl halides is 3. The molecule has 0 aliphatic carbocycles. The zero-order valence-corrected chi connectivity index (χ0v) is 18.1. The Morgan fingerprint density at radius 2 is 1.71 bits per heavy atom. The first-order valence-corrected chi connectivity index (χ1v) is 10.1. The van der Waals surface area contributed by atoms with Gasteiger partial charge in [-0.15, -0.1) is 0 Å². The summed E-state index contributed by atoms with van der Waals surface area (Å²) in [6.45, 7) is -0.523. The van der Waals surface area contributed by atoms with Gasteiger partial charge in [-0.3, -0.25) is 9.36 Å². The molecule has 0 saturated heterocycles. The summed E-state index contributed by atoms with van der Waals surface area (Å²) >= 11 is 5.94. The summed E-state index contributed by atoms with van der Waals surface area (Å²) in [5.74, 6) is -3.97. The SMILES string of the molecule is O=C(O)c1ccc(-n2c(=O)n(C(=O)c3c(Cl)cccc3C(F)(F)F)c3cc(CO)ccc32)c(F)c1. The molecule has 0 bridgehead atoms. The van der Waals surface area contributed by atoms with Gasteiger partial charge in [-0.1, -0.05) is 23.7 Å². The summed E-state index contributed by atoms with van der Waals surface area (Å²) in [6, 6.07) is 9.19. The van der Waals surface area contributed by atoms with Crippen LogP contribution in [0.25, 0.3) is 16.7 Å². The van der Waals surface area contributed by atoms with Crippen molar-refractivity contribution < 1.29 is 37.4 Å². The van der Waals surface area contributed by atoms with E-state index in [1.807, 2.05) is 0 Å². The summed E-state index contributed by atoms with van der Waals surface area (Å²) < 4.78 is 56.8. The van der Waals surface area contributed by atoms with E-state index in [1.165, 1.54) is 18.2 Å². The third-order valence-electron chi connectivity index (χ3n) is 5.26. The Balaban J connectivity index is 2.07. The van der Waals surface area contributed by atoms with Crippen LogP contribution in [0.2, 0.25) is 5.02 Å². The third kappa shape index (κ3) is 4.08. The molecule has 0 saturated carbocycles. The fourth-order valence-corrected chi connectivity index (χ4v) is 3.94. The molecule has 1 aromatic heterocycles. The molecular weight excluding hydrogens is 496 g/mol. The number of fused-ring (bicyclic) bond motifs is 1. The van der Waals surface area contributed by atoms with Gasteiger partial charge in [0, 0.05) is 0 Å². The molecule has 4 aromatic rings. The number of benzene rings is 3. The molecular formula is C23H13ClF4N2O5. The molecule has 0 aliphatic heterocycles. The molecule has 0 unspecified atom stereocenters. The molecule has 0 atom stereocenters. The zero-order chi connectivity index (χ0) is 25.7. The van der Waals surface area contributed by atoms with Crippen molar-refractivity contribution in [3.8, 4) is 5.69 Å². The number of carbonyl (C=O) groups excluding carboxylic acids is 1. The van der Waals surface area contributed by atoms with Gasteiger partial charge in [0.05, 0.1) is 45.0 Å². The smallest absolute Gasteiger partial charge is 0.417 e. The lowest BCUT2D eigenvalue weighted by molar-refractivity contribution is -0.137. The first-order chi connectivity index (χ1) is 16.5. The highest BCUT2D eigenvalue weighted by atomic mass is 35.5. The maximum atomic E-state index is 14.8. The molecule has 0 amide bonds. The third-order valence-corrected chi connectivity index (χ3v) is 5.57. The Hall–Kier alpha value is -3.96. The van der Waals surface area contributed by atoms with Gasteiger partial charge >= 0.3 is 17.8 Å². The quantitative estimate of drug-likeness (QED) is 0.396. The maximum Gasteiger partial charge on any atom is 0.417 e. The molecule has 0 fully saturated rings. The maximum absolute atomic E-state index is 14.8. The number of imidazole rings is 1. The molecule has 1 heterocycles. The fourth-order valence-electron chi connectivity index (χ4n) is 3.68. The van der Waals surface area contributed by atoms with Gasteiger partial charge in [-0.05, 0) is 48.0 Å². The van der Waals surface area contributed by atoms with Crippen LogP contribution in [-0.4, -0.2) is 31.2 Å². The molecule has 7 nitrogen and oxygen atoms in total. The number of hydrogen-bond acceptors (Lipinski definition) is 4. The average Bonchev–Trinajstić information content (AvgIpc) is 3.08. The van der Waals surface area contributed by atoms with E-state index >= 15 is 0 Å². The molecule has 4 rings (SSSR count). The lowest BCUT2D eigenvalue weighted by atomic mass is 10.1. The van der Waals surface area contributed by atoms with E-state index in [9.17, 15) is 37.1 Å². The highest BCUT2D eigenvalue weighted by molar-refractivity contribution is 6.34. The Morgan fingerprint density at radius 3 is 2.31 bits per heavy atom. The largest absolute Gasteiger partial charge is 0.478 e. The monoisotopic (exact) mass is 508 g/mol. The van der Waals surface area contributed by atoms with Crippen molar-refractivity contribution in [3.05, 3.63) is 98.2 Å². The van der Waals surface area contributed by atoms with Crippen LogP contribution < -0.4 is 5.69 Å². The van der Waals surface area contributed by atoms with Crippen LogP contribution in [0.4, 0.5) is 17.6 Å². The summed E-state index contributed by atoms with van der Waals surface area (Å²) in [6.07, 6.45) is -4.98. The number of carboxylic acid groups (broad SMARTS) is 1. The van der Waals surface area contributed by atoms with Gasteiger partial charge in [0.1, 0.15) is 5.82 Å². The number of aliphatic hydroxyl groups excluding tert-OH is 1. The van der Waals surface area contributed by atoms with E-state index in [0.29, 0.717) is 16.7 Å². The number of aromatic nitrogens is 2. The minimum atomic E-state index is -4.98. The Bertz CT molecular complexity index is 1570. The van der Waals surface area contributed by atoms with Gasteiger partial charge in [-0.25, -0.2) is 18.5 Å². The number of nitrogens with zero attached hydrogens (tertiary/aromatic N) is 2. The minimum Gasteiger partial charge on any atom is -0.478 e. The van der Waals surface area contributed by atoms with Crippen LogP contribution in [-0.2, 0) is 12.8 Å².